The third kappa shape index (κ3) is 3.53. The fraction of sp³-hybridized carbons (Fsp3) is 0.444. The van der Waals surface area contributed by atoms with Crippen molar-refractivity contribution in [3.8, 4) is 11.4 Å². The van der Waals surface area contributed by atoms with Gasteiger partial charge in [0.25, 0.3) is 0 Å². The van der Waals surface area contributed by atoms with Gasteiger partial charge in [0.1, 0.15) is 0 Å². The molecular formula is C18H17Cl2N5O2. The molecule has 9 heteroatoms. The van der Waals surface area contributed by atoms with Crippen LogP contribution in [0, 0.1) is 0 Å². The normalized spacial score (nSPS) is 18.2. The molecule has 0 amide bonds. The Kier molecular flexibility index (Phi) is 4.28. The van der Waals surface area contributed by atoms with Crippen LogP contribution >= 0.6 is 23.2 Å². The molecule has 0 atom stereocenters. The van der Waals surface area contributed by atoms with Crippen molar-refractivity contribution in [2.75, 3.05) is 18.0 Å². The molecule has 0 bridgehead atoms. The number of benzene rings is 1. The maximum absolute atomic E-state index is 6.05. The van der Waals surface area contributed by atoms with Gasteiger partial charge in [0.15, 0.2) is 5.82 Å². The number of halogens is 2. The Bertz CT molecular complexity index is 940. The van der Waals surface area contributed by atoms with Crippen molar-refractivity contribution >= 4 is 29.2 Å². The minimum absolute atomic E-state index is 0.312. The lowest BCUT2D eigenvalue weighted by atomic mass is 9.96. The van der Waals surface area contributed by atoms with E-state index in [1.54, 1.807) is 18.2 Å². The summed E-state index contributed by atoms with van der Waals surface area (Å²) in [7, 11) is 0. The lowest BCUT2D eigenvalue weighted by molar-refractivity contribution is 0.360. The largest absolute Gasteiger partial charge is 0.339 e. The topological polar surface area (TPSA) is 81.1 Å². The second-order valence-corrected chi connectivity index (χ2v) is 7.96. The Morgan fingerprint density at radius 1 is 0.852 bits per heavy atom. The van der Waals surface area contributed by atoms with Crippen LogP contribution in [0.1, 0.15) is 49.2 Å². The fourth-order valence-electron chi connectivity index (χ4n) is 3.38. The smallest absolute Gasteiger partial charge is 0.324 e. The van der Waals surface area contributed by atoms with E-state index in [9.17, 15) is 0 Å². The van der Waals surface area contributed by atoms with Crippen LogP contribution < -0.4 is 4.90 Å². The van der Waals surface area contributed by atoms with Crippen LogP contribution in [0.15, 0.2) is 27.2 Å². The summed E-state index contributed by atoms with van der Waals surface area (Å²) in [6.07, 6.45) is 4.17. The van der Waals surface area contributed by atoms with E-state index in [1.165, 1.54) is 0 Å². The summed E-state index contributed by atoms with van der Waals surface area (Å²) in [5.41, 5.74) is 0.733. The molecule has 140 valence electrons. The van der Waals surface area contributed by atoms with E-state index >= 15 is 0 Å². The van der Waals surface area contributed by atoms with Crippen LogP contribution in [-0.2, 0) is 0 Å². The van der Waals surface area contributed by atoms with E-state index in [2.05, 4.69) is 25.2 Å². The van der Waals surface area contributed by atoms with Crippen molar-refractivity contribution in [3.63, 3.8) is 0 Å². The Morgan fingerprint density at radius 3 is 2.30 bits per heavy atom. The lowest BCUT2D eigenvalue weighted by Crippen LogP contribution is -2.33. The quantitative estimate of drug-likeness (QED) is 0.622. The highest BCUT2D eigenvalue weighted by Crippen LogP contribution is 2.40. The highest BCUT2D eigenvalue weighted by atomic mass is 35.5. The molecule has 2 fully saturated rings. The Labute approximate surface area is 165 Å². The summed E-state index contributed by atoms with van der Waals surface area (Å²) in [6.45, 7) is 1.60. The summed E-state index contributed by atoms with van der Waals surface area (Å²) in [4.78, 5) is 11.2. The van der Waals surface area contributed by atoms with E-state index in [1.807, 2.05) is 0 Å². The molecule has 0 spiro atoms. The second-order valence-electron chi connectivity index (χ2n) is 7.09. The van der Waals surface area contributed by atoms with E-state index in [4.69, 9.17) is 32.2 Å². The number of aromatic nitrogens is 4. The Balaban J connectivity index is 1.26. The van der Waals surface area contributed by atoms with E-state index in [-0.39, 0.29) is 0 Å². The van der Waals surface area contributed by atoms with Gasteiger partial charge < -0.3 is 13.9 Å². The number of hydrogen-bond acceptors (Lipinski definition) is 7. The summed E-state index contributed by atoms with van der Waals surface area (Å²) in [5.74, 6) is 2.91. The fourth-order valence-corrected chi connectivity index (χ4v) is 3.91. The molecule has 3 aromatic rings. The van der Waals surface area contributed by atoms with Crippen molar-refractivity contribution in [2.24, 2.45) is 0 Å². The van der Waals surface area contributed by atoms with Gasteiger partial charge in [-0.15, -0.1) is 0 Å². The minimum atomic E-state index is 0.312. The van der Waals surface area contributed by atoms with Gasteiger partial charge in [0.2, 0.25) is 11.7 Å². The monoisotopic (exact) mass is 405 g/mol. The van der Waals surface area contributed by atoms with E-state index in [0.29, 0.717) is 33.7 Å². The van der Waals surface area contributed by atoms with Crippen molar-refractivity contribution in [1.29, 1.82) is 0 Å². The maximum atomic E-state index is 6.05. The van der Waals surface area contributed by atoms with E-state index < -0.39 is 0 Å². The van der Waals surface area contributed by atoms with Gasteiger partial charge in [-0.2, -0.15) is 9.97 Å². The highest BCUT2D eigenvalue weighted by molar-refractivity contribution is 6.35. The van der Waals surface area contributed by atoms with Gasteiger partial charge in [0.05, 0.1) is 0 Å². The van der Waals surface area contributed by atoms with Crippen LogP contribution in [0.3, 0.4) is 0 Å². The average Bonchev–Trinajstić information content (AvgIpc) is 3.19. The first-order chi connectivity index (χ1) is 13.2. The molecule has 0 unspecified atom stereocenters. The van der Waals surface area contributed by atoms with Gasteiger partial charge in [-0.05, 0) is 43.9 Å². The van der Waals surface area contributed by atoms with Crippen molar-refractivity contribution in [2.45, 2.75) is 37.5 Å². The van der Waals surface area contributed by atoms with Gasteiger partial charge in [-0.3, -0.25) is 0 Å². The zero-order chi connectivity index (χ0) is 18.4. The summed E-state index contributed by atoms with van der Waals surface area (Å²) >= 11 is 12.1. The molecule has 3 heterocycles. The number of rotatable bonds is 4. The zero-order valence-corrected chi connectivity index (χ0v) is 15.9. The van der Waals surface area contributed by atoms with Crippen molar-refractivity contribution < 1.29 is 9.05 Å². The summed E-state index contributed by atoms with van der Waals surface area (Å²) < 4.78 is 10.8. The first-order valence-electron chi connectivity index (χ1n) is 9.04. The molecule has 2 aliphatic rings. The number of anilines is 1. The first-order valence-corrected chi connectivity index (χ1v) is 9.80. The SMILES string of the molecule is Clc1cc(Cl)cc(-c2noc(N3CCC(c4noc(C5CC5)n4)CC3)n2)c1. The molecule has 27 heavy (non-hydrogen) atoms. The van der Waals surface area contributed by atoms with Crippen LogP contribution in [0.25, 0.3) is 11.4 Å². The standard InChI is InChI=1S/C18H17Cl2N5O2/c19-13-7-12(8-14(20)9-13)16-22-18(27-24-16)25-5-3-10(4-6-25)15-21-17(26-23-15)11-1-2-11/h7-11H,1-6H2. The molecule has 1 aromatic carbocycles. The third-order valence-corrected chi connectivity index (χ3v) is 5.49. The molecule has 1 saturated heterocycles. The second kappa shape index (κ2) is 6.80. The molecule has 0 N–H and O–H groups in total. The molecule has 1 saturated carbocycles. The maximum Gasteiger partial charge on any atom is 0.324 e. The van der Waals surface area contributed by atoms with Gasteiger partial charge in [-0.25, -0.2) is 0 Å². The predicted molar refractivity (Wildman–Crippen MR) is 100 cm³/mol. The lowest BCUT2D eigenvalue weighted by Gasteiger charge is -2.28. The molecular weight excluding hydrogens is 389 g/mol. The number of nitrogens with zero attached hydrogens (tertiary/aromatic N) is 5. The zero-order valence-electron chi connectivity index (χ0n) is 14.4. The van der Waals surface area contributed by atoms with Gasteiger partial charge >= 0.3 is 6.01 Å². The summed E-state index contributed by atoms with van der Waals surface area (Å²) in [5, 5.41) is 9.32. The Morgan fingerprint density at radius 2 is 1.59 bits per heavy atom. The summed E-state index contributed by atoms with van der Waals surface area (Å²) in [6, 6.07) is 5.71. The molecule has 1 aliphatic heterocycles. The minimum Gasteiger partial charge on any atom is -0.339 e. The Hall–Kier alpha value is -2.12. The van der Waals surface area contributed by atoms with Crippen molar-refractivity contribution in [3.05, 3.63) is 40.0 Å². The highest BCUT2D eigenvalue weighted by Gasteiger charge is 2.32. The van der Waals surface area contributed by atoms with Crippen LogP contribution in [-0.4, -0.2) is 33.4 Å². The van der Waals surface area contributed by atoms with Crippen LogP contribution in [0.2, 0.25) is 10.0 Å². The van der Waals surface area contributed by atoms with Crippen molar-refractivity contribution in [1.82, 2.24) is 20.3 Å². The molecule has 2 aromatic heterocycles. The van der Waals surface area contributed by atoms with Gasteiger partial charge in [0, 0.05) is 40.5 Å². The molecule has 0 radical (unpaired) electrons. The van der Waals surface area contributed by atoms with Crippen LogP contribution in [0.4, 0.5) is 6.01 Å². The van der Waals surface area contributed by atoms with Gasteiger partial charge in [-0.1, -0.05) is 33.5 Å². The predicted octanol–water partition coefficient (Wildman–Crippen LogP) is 4.69. The molecule has 5 rings (SSSR count). The number of hydrogen-bond donors (Lipinski definition) is 0. The van der Waals surface area contributed by atoms with E-state index in [0.717, 1.165) is 56.1 Å². The third-order valence-electron chi connectivity index (χ3n) is 5.05. The van der Waals surface area contributed by atoms with Crippen LogP contribution in [0.5, 0.6) is 0 Å². The number of piperidine rings is 1. The molecule has 7 nitrogen and oxygen atoms in total. The average molecular weight is 406 g/mol. The first kappa shape index (κ1) is 17.0. The molecule has 1 aliphatic carbocycles.